The van der Waals surface area contributed by atoms with Gasteiger partial charge in [0.25, 0.3) is 0 Å². The molecule has 1 fully saturated rings. The third-order valence-corrected chi connectivity index (χ3v) is 3.31. The van der Waals surface area contributed by atoms with E-state index in [1.165, 1.54) is 0 Å². The normalized spacial score (nSPS) is 21.6. The van der Waals surface area contributed by atoms with E-state index < -0.39 is 0 Å². The van der Waals surface area contributed by atoms with Gasteiger partial charge >= 0.3 is 0 Å². The van der Waals surface area contributed by atoms with Crippen LogP contribution in [0, 0.1) is 5.41 Å². The molecule has 4 nitrogen and oxygen atoms in total. The molecule has 0 bridgehead atoms. The van der Waals surface area contributed by atoms with E-state index in [1.54, 1.807) is 0 Å². The van der Waals surface area contributed by atoms with E-state index in [1.807, 2.05) is 13.8 Å². The number of nitrogens with one attached hydrogen (secondary N) is 2. The Hall–Kier alpha value is -1.06. The van der Waals surface area contributed by atoms with Gasteiger partial charge in [0.05, 0.1) is 0 Å². The van der Waals surface area contributed by atoms with Crippen molar-refractivity contribution >= 4 is 11.8 Å². The first-order valence-corrected chi connectivity index (χ1v) is 6.53. The molecule has 0 aromatic carbocycles. The Bertz CT molecular complexity index is 287. The fourth-order valence-corrected chi connectivity index (χ4v) is 2.22. The number of hydrogen-bond donors (Lipinski definition) is 2. The van der Waals surface area contributed by atoms with Gasteiger partial charge in [-0.05, 0) is 19.3 Å². The van der Waals surface area contributed by atoms with Crippen LogP contribution >= 0.6 is 0 Å². The molecule has 0 aromatic rings. The lowest BCUT2D eigenvalue weighted by Gasteiger charge is -2.26. The van der Waals surface area contributed by atoms with Gasteiger partial charge in [-0.25, -0.2) is 0 Å². The first-order valence-electron chi connectivity index (χ1n) is 6.53. The Kier molecular flexibility index (Phi) is 4.97. The Labute approximate surface area is 104 Å². The van der Waals surface area contributed by atoms with E-state index >= 15 is 0 Å². The van der Waals surface area contributed by atoms with Crippen LogP contribution in [0.15, 0.2) is 0 Å². The molecule has 0 unspecified atom stereocenters. The Morgan fingerprint density at radius 1 is 1.53 bits per heavy atom. The lowest BCUT2D eigenvalue weighted by atomic mass is 9.86. The van der Waals surface area contributed by atoms with Crippen molar-refractivity contribution in [3.8, 4) is 0 Å². The SMILES string of the molecule is CCCC(C)(C)C(=O)N[C@H]1CCCNC(=O)C1. The van der Waals surface area contributed by atoms with Gasteiger partial charge in [-0.2, -0.15) is 0 Å². The maximum atomic E-state index is 12.1. The summed E-state index contributed by atoms with van der Waals surface area (Å²) in [5, 5.41) is 5.84. The zero-order valence-electron chi connectivity index (χ0n) is 11.1. The van der Waals surface area contributed by atoms with Crippen LogP contribution < -0.4 is 10.6 Å². The first kappa shape index (κ1) is 14.0. The molecule has 0 aromatic heterocycles. The molecule has 1 saturated heterocycles. The number of hydrogen-bond acceptors (Lipinski definition) is 2. The number of carbonyl (C=O) groups excluding carboxylic acids is 2. The Balaban J connectivity index is 2.52. The van der Waals surface area contributed by atoms with Gasteiger partial charge in [0.15, 0.2) is 0 Å². The van der Waals surface area contributed by atoms with Crippen LogP contribution in [-0.4, -0.2) is 24.4 Å². The predicted molar refractivity (Wildman–Crippen MR) is 67.5 cm³/mol. The van der Waals surface area contributed by atoms with Crippen molar-refractivity contribution in [2.24, 2.45) is 5.41 Å². The highest BCUT2D eigenvalue weighted by atomic mass is 16.2. The summed E-state index contributed by atoms with van der Waals surface area (Å²) < 4.78 is 0. The maximum absolute atomic E-state index is 12.1. The van der Waals surface area contributed by atoms with Gasteiger partial charge in [0.2, 0.25) is 11.8 Å². The summed E-state index contributed by atoms with van der Waals surface area (Å²) in [5.41, 5.74) is -0.336. The quantitative estimate of drug-likeness (QED) is 0.784. The van der Waals surface area contributed by atoms with Crippen LogP contribution in [0.5, 0.6) is 0 Å². The van der Waals surface area contributed by atoms with Gasteiger partial charge in [0.1, 0.15) is 0 Å². The molecule has 98 valence electrons. The molecule has 0 radical (unpaired) electrons. The molecular formula is C13H24N2O2. The fraction of sp³-hybridized carbons (Fsp3) is 0.846. The lowest BCUT2D eigenvalue weighted by molar-refractivity contribution is -0.130. The van der Waals surface area contributed by atoms with Crippen molar-refractivity contribution in [1.82, 2.24) is 10.6 Å². The second-order valence-electron chi connectivity index (χ2n) is 5.50. The highest BCUT2D eigenvalue weighted by Gasteiger charge is 2.29. The molecular weight excluding hydrogens is 216 g/mol. The standard InChI is InChI=1S/C13H24N2O2/c1-4-7-13(2,3)12(17)15-10-6-5-8-14-11(16)9-10/h10H,4-9H2,1-3H3,(H,14,16)(H,15,17)/t10-/m0/s1. The van der Waals surface area contributed by atoms with Gasteiger partial charge < -0.3 is 10.6 Å². The molecule has 0 spiro atoms. The van der Waals surface area contributed by atoms with E-state index in [9.17, 15) is 9.59 Å². The Morgan fingerprint density at radius 3 is 2.88 bits per heavy atom. The molecule has 0 saturated carbocycles. The van der Waals surface area contributed by atoms with Gasteiger partial charge in [-0.1, -0.05) is 27.2 Å². The zero-order valence-corrected chi connectivity index (χ0v) is 11.1. The monoisotopic (exact) mass is 240 g/mol. The van der Waals surface area contributed by atoms with E-state index in [0.717, 1.165) is 32.2 Å². The minimum atomic E-state index is -0.336. The third-order valence-electron chi connectivity index (χ3n) is 3.31. The summed E-state index contributed by atoms with van der Waals surface area (Å²) in [6.07, 6.45) is 4.09. The molecule has 1 aliphatic rings. The third kappa shape index (κ3) is 4.36. The van der Waals surface area contributed by atoms with Crippen molar-refractivity contribution < 1.29 is 9.59 Å². The number of carbonyl (C=O) groups is 2. The van der Waals surface area contributed by atoms with Crippen LogP contribution in [0.25, 0.3) is 0 Å². The molecule has 1 heterocycles. The van der Waals surface area contributed by atoms with Gasteiger partial charge in [-0.3, -0.25) is 9.59 Å². The van der Waals surface area contributed by atoms with Crippen LogP contribution in [0.4, 0.5) is 0 Å². The molecule has 1 atom stereocenters. The summed E-state index contributed by atoms with van der Waals surface area (Å²) in [6, 6.07) is 0.00105. The minimum absolute atomic E-state index is 0.00105. The molecule has 1 rings (SSSR count). The fourth-order valence-electron chi connectivity index (χ4n) is 2.22. The van der Waals surface area contributed by atoms with E-state index in [0.29, 0.717) is 6.42 Å². The van der Waals surface area contributed by atoms with Crippen molar-refractivity contribution in [2.75, 3.05) is 6.54 Å². The molecule has 2 N–H and O–H groups in total. The maximum Gasteiger partial charge on any atom is 0.225 e. The van der Waals surface area contributed by atoms with Gasteiger partial charge in [0, 0.05) is 24.4 Å². The van der Waals surface area contributed by atoms with E-state index in [2.05, 4.69) is 17.6 Å². The minimum Gasteiger partial charge on any atom is -0.356 e. The number of rotatable bonds is 4. The largest absolute Gasteiger partial charge is 0.356 e. The summed E-state index contributed by atoms with van der Waals surface area (Å²) in [7, 11) is 0. The van der Waals surface area contributed by atoms with Crippen LogP contribution in [0.3, 0.4) is 0 Å². The van der Waals surface area contributed by atoms with E-state index in [4.69, 9.17) is 0 Å². The predicted octanol–water partition coefficient (Wildman–Crippen LogP) is 1.60. The summed E-state index contributed by atoms with van der Waals surface area (Å²) >= 11 is 0. The highest BCUT2D eigenvalue weighted by molar-refractivity contribution is 5.83. The van der Waals surface area contributed by atoms with Gasteiger partial charge in [-0.15, -0.1) is 0 Å². The molecule has 17 heavy (non-hydrogen) atoms. The average Bonchev–Trinajstić information content (AvgIpc) is 2.42. The zero-order chi connectivity index (χ0) is 12.9. The van der Waals surface area contributed by atoms with Crippen molar-refractivity contribution in [3.63, 3.8) is 0 Å². The molecule has 0 aliphatic carbocycles. The molecule has 2 amide bonds. The first-order chi connectivity index (χ1) is 7.95. The highest BCUT2D eigenvalue weighted by Crippen LogP contribution is 2.23. The van der Waals surface area contributed by atoms with E-state index in [-0.39, 0.29) is 23.3 Å². The summed E-state index contributed by atoms with van der Waals surface area (Å²) in [5.74, 6) is 0.111. The lowest BCUT2D eigenvalue weighted by Crippen LogP contribution is -2.43. The van der Waals surface area contributed by atoms with Crippen LogP contribution in [0.1, 0.15) is 52.9 Å². The average molecular weight is 240 g/mol. The molecule has 4 heteroatoms. The smallest absolute Gasteiger partial charge is 0.225 e. The Morgan fingerprint density at radius 2 is 2.24 bits per heavy atom. The second-order valence-corrected chi connectivity index (χ2v) is 5.50. The van der Waals surface area contributed by atoms with Crippen molar-refractivity contribution in [1.29, 1.82) is 0 Å². The summed E-state index contributed by atoms with van der Waals surface area (Å²) in [6.45, 7) is 6.73. The summed E-state index contributed by atoms with van der Waals surface area (Å²) in [4.78, 5) is 23.5. The van der Waals surface area contributed by atoms with Crippen molar-refractivity contribution in [2.45, 2.75) is 58.9 Å². The topological polar surface area (TPSA) is 58.2 Å². The molecule has 1 aliphatic heterocycles. The number of amides is 2. The second kappa shape index (κ2) is 6.03. The van der Waals surface area contributed by atoms with Crippen LogP contribution in [0.2, 0.25) is 0 Å². The van der Waals surface area contributed by atoms with Crippen LogP contribution in [-0.2, 0) is 9.59 Å². The van der Waals surface area contributed by atoms with Crippen molar-refractivity contribution in [3.05, 3.63) is 0 Å².